The van der Waals surface area contributed by atoms with Crippen LogP contribution in [0, 0.1) is 0 Å². The van der Waals surface area contributed by atoms with Crippen molar-refractivity contribution in [3.8, 4) is 0 Å². The highest BCUT2D eigenvalue weighted by atomic mass is 17.3. The third-order valence-electron chi connectivity index (χ3n) is 2.04. The fourth-order valence-electron chi connectivity index (χ4n) is 1.26. The minimum absolute atomic E-state index is 0.0753. The van der Waals surface area contributed by atoms with Crippen molar-refractivity contribution in [2.75, 3.05) is 33.5 Å². The first-order valence-corrected chi connectivity index (χ1v) is 6.72. The lowest BCUT2D eigenvalue weighted by atomic mass is 10.3. The quantitative estimate of drug-likeness (QED) is 0.174. The highest BCUT2D eigenvalue weighted by molar-refractivity contribution is 5.70. The number of hydrogen-bond acceptors (Lipinski definition) is 8. The SMILES string of the molecule is CCCC(=O)OC(C)(OOCCOCCOC)OC(C)=O. The van der Waals surface area contributed by atoms with Gasteiger partial charge in [-0.25, -0.2) is 4.89 Å². The standard InChI is InChI=1S/C13H24O8/c1-5-6-12(15)20-13(3,19-11(2)14)21-18-10-9-17-8-7-16-4/h5-10H2,1-4H3. The van der Waals surface area contributed by atoms with Crippen LogP contribution in [0.5, 0.6) is 0 Å². The summed E-state index contributed by atoms with van der Waals surface area (Å²) in [6.07, 6.45) is 0.781. The maximum atomic E-state index is 11.5. The summed E-state index contributed by atoms with van der Waals surface area (Å²) in [4.78, 5) is 32.2. The van der Waals surface area contributed by atoms with E-state index in [1.54, 1.807) is 7.11 Å². The molecule has 8 nitrogen and oxygen atoms in total. The van der Waals surface area contributed by atoms with E-state index < -0.39 is 17.9 Å². The Hall–Kier alpha value is -1.22. The first-order valence-electron chi connectivity index (χ1n) is 6.72. The van der Waals surface area contributed by atoms with Crippen LogP contribution in [0.3, 0.4) is 0 Å². The van der Waals surface area contributed by atoms with E-state index in [9.17, 15) is 9.59 Å². The van der Waals surface area contributed by atoms with Gasteiger partial charge in [-0.15, -0.1) is 4.89 Å². The first-order chi connectivity index (χ1) is 9.93. The molecule has 0 radical (unpaired) electrons. The van der Waals surface area contributed by atoms with Gasteiger partial charge in [0.15, 0.2) is 0 Å². The average Bonchev–Trinajstić information content (AvgIpc) is 2.36. The van der Waals surface area contributed by atoms with Gasteiger partial charge in [-0.3, -0.25) is 9.59 Å². The van der Waals surface area contributed by atoms with E-state index in [2.05, 4.69) is 0 Å². The minimum atomic E-state index is -1.91. The highest BCUT2D eigenvalue weighted by Crippen LogP contribution is 2.17. The Morgan fingerprint density at radius 2 is 1.71 bits per heavy atom. The van der Waals surface area contributed by atoms with E-state index in [1.165, 1.54) is 13.8 Å². The molecule has 0 saturated carbocycles. The molecule has 8 heteroatoms. The van der Waals surface area contributed by atoms with Crippen LogP contribution in [0.4, 0.5) is 0 Å². The number of hydrogen-bond donors (Lipinski definition) is 0. The molecule has 0 heterocycles. The van der Waals surface area contributed by atoms with E-state index in [0.717, 1.165) is 0 Å². The second kappa shape index (κ2) is 11.4. The summed E-state index contributed by atoms with van der Waals surface area (Å²) < 4.78 is 19.7. The molecule has 1 atom stereocenters. The smallest absolute Gasteiger partial charge is 0.397 e. The Bertz CT molecular complexity index is 307. The average molecular weight is 308 g/mol. The Morgan fingerprint density at radius 1 is 1.05 bits per heavy atom. The summed E-state index contributed by atoms with van der Waals surface area (Å²) in [5.41, 5.74) is 0. The first kappa shape index (κ1) is 19.8. The molecular weight excluding hydrogens is 284 g/mol. The van der Waals surface area contributed by atoms with Crippen LogP contribution in [-0.2, 0) is 38.3 Å². The monoisotopic (exact) mass is 308 g/mol. The third kappa shape index (κ3) is 11.1. The van der Waals surface area contributed by atoms with Gasteiger partial charge in [0.05, 0.1) is 19.8 Å². The predicted molar refractivity (Wildman–Crippen MR) is 70.9 cm³/mol. The maximum absolute atomic E-state index is 11.5. The van der Waals surface area contributed by atoms with Gasteiger partial charge in [-0.05, 0) is 6.42 Å². The van der Waals surface area contributed by atoms with Crippen LogP contribution in [0.2, 0.25) is 0 Å². The van der Waals surface area contributed by atoms with Gasteiger partial charge >= 0.3 is 17.9 Å². The van der Waals surface area contributed by atoms with Gasteiger partial charge in [-0.1, -0.05) is 6.92 Å². The van der Waals surface area contributed by atoms with E-state index in [-0.39, 0.29) is 19.6 Å². The fourth-order valence-corrected chi connectivity index (χ4v) is 1.26. The Kier molecular flexibility index (Phi) is 10.8. The lowest BCUT2D eigenvalue weighted by molar-refractivity contribution is -0.477. The van der Waals surface area contributed by atoms with Gasteiger partial charge in [0.1, 0.15) is 6.61 Å². The van der Waals surface area contributed by atoms with Crippen LogP contribution >= 0.6 is 0 Å². The van der Waals surface area contributed by atoms with Gasteiger partial charge in [0.2, 0.25) is 0 Å². The maximum Gasteiger partial charge on any atom is 0.399 e. The van der Waals surface area contributed by atoms with Gasteiger partial charge in [0, 0.05) is 27.4 Å². The summed E-state index contributed by atoms with van der Waals surface area (Å²) in [5.74, 6) is -3.13. The topological polar surface area (TPSA) is 89.5 Å². The normalized spacial score (nSPS) is 13.5. The van der Waals surface area contributed by atoms with Crippen LogP contribution in [0.15, 0.2) is 0 Å². The molecule has 0 saturated heterocycles. The molecular formula is C13H24O8. The van der Waals surface area contributed by atoms with E-state index >= 15 is 0 Å². The zero-order valence-corrected chi connectivity index (χ0v) is 13.0. The van der Waals surface area contributed by atoms with E-state index in [0.29, 0.717) is 19.6 Å². The highest BCUT2D eigenvalue weighted by Gasteiger charge is 2.35. The van der Waals surface area contributed by atoms with Crippen LogP contribution in [0.25, 0.3) is 0 Å². The summed E-state index contributed by atoms with van der Waals surface area (Å²) >= 11 is 0. The van der Waals surface area contributed by atoms with Crippen molar-refractivity contribution in [1.29, 1.82) is 0 Å². The molecule has 0 aromatic carbocycles. The van der Waals surface area contributed by atoms with Crippen molar-refractivity contribution in [3.63, 3.8) is 0 Å². The van der Waals surface area contributed by atoms with Gasteiger partial charge < -0.3 is 18.9 Å². The molecule has 124 valence electrons. The molecule has 0 aromatic rings. The number of ether oxygens (including phenoxy) is 4. The van der Waals surface area contributed by atoms with Crippen molar-refractivity contribution >= 4 is 11.9 Å². The second-order valence-corrected chi connectivity index (χ2v) is 4.19. The summed E-state index contributed by atoms with van der Waals surface area (Å²) in [6, 6.07) is 0. The molecule has 0 rings (SSSR count). The minimum Gasteiger partial charge on any atom is -0.397 e. The molecule has 0 amide bonds. The van der Waals surface area contributed by atoms with Crippen molar-refractivity contribution in [1.82, 2.24) is 0 Å². The van der Waals surface area contributed by atoms with E-state index in [4.69, 9.17) is 28.7 Å². The van der Waals surface area contributed by atoms with Crippen LogP contribution < -0.4 is 0 Å². The molecule has 1 unspecified atom stereocenters. The molecule has 0 aliphatic heterocycles. The van der Waals surface area contributed by atoms with Crippen molar-refractivity contribution in [3.05, 3.63) is 0 Å². The molecule has 21 heavy (non-hydrogen) atoms. The molecule has 0 N–H and O–H groups in total. The zero-order valence-electron chi connectivity index (χ0n) is 13.0. The molecule has 0 aliphatic rings. The summed E-state index contributed by atoms with van der Waals surface area (Å²) in [5, 5.41) is 0. The fraction of sp³-hybridized carbons (Fsp3) is 0.846. The number of carbonyl (C=O) groups is 2. The van der Waals surface area contributed by atoms with Gasteiger partial charge in [-0.2, -0.15) is 0 Å². The van der Waals surface area contributed by atoms with Gasteiger partial charge in [0.25, 0.3) is 0 Å². The van der Waals surface area contributed by atoms with Crippen molar-refractivity contribution < 1.29 is 38.3 Å². The molecule has 0 aromatic heterocycles. The number of carbonyl (C=O) groups excluding carboxylic acids is 2. The summed E-state index contributed by atoms with van der Waals surface area (Å²) in [7, 11) is 1.57. The van der Waals surface area contributed by atoms with Crippen LogP contribution in [-0.4, -0.2) is 51.4 Å². The number of methoxy groups -OCH3 is 1. The molecule has 0 fully saturated rings. The molecule has 0 bridgehead atoms. The lowest BCUT2D eigenvalue weighted by Gasteiger charge is -2.26. The Labute approximate surface area is 124 Å². The van der Waals surface area contributed by atoms with Crippen molar-refractivity contribution in [2.45, 2.75) is 39.6 Å². The number of esters is 2. The van der Waals surface area contributed by atoms with Crippen molar-refractivity contribution in [2.24, 2.45) is 0 Å². The van der Waals surface area contributed by atoms with Crippen LogP contribution in [0.1, 0.15) is 33.6 Å². The zero-order chi connectivity index (χ0) is 16.1. The Morgan fingerprint density at radius 3 is 2.29 bits per heavy atom. The Balaban J connectivity index is 4.10. The molecule has 0 spiro atoms. The largest absolute Gasteiger partial charge is 0.399 e. The molecule has 0 aliphatic carbocycles. The predicted octanol–water partition coefficient (Wildman–Crippen LogP) is 1.18. The second-order valence-electron chi connectivity index (χ2n) is 4.19. The summed E-state index contributed by atoms with van der Waals surface area (Å²) in [6.45, 7) is 5.48. The third-order valence-corrected chi connectivity index (χ3v) is 2.04. The van der Waals surface area contributed by atoms with E-state index in [1.807, 2.05) is 6.92 Å². The lowest BCUT2D eigenvalue weighted by Crippen LogP contribution is -2.39. The number of rotatable bonds is 12.